The van der Waals surface area contributed by atoms with Crippen LogP contribution < -0.4 is 4.90 Å². The summed E-state index contributed by atoms with van der Waals surface area (Å²) in [5, 5.41) is 9.54. The number of nitrogens with zero attached hydrogens (tertiary/aromatic N) is 4. The molecule has 1 N–H and O–H groups in total. The van der Waals surface area contributed by atoms with Crippen molar-refractivity contribution >= 4 is 22.7 Å². The van der Waals surface area contributed by atoms with E-state index in [-0.39, 0.29) is 11.4 Å². The highest BCUT2D eigenvalue weighted by molar-refractivity contribution is 5.90. The molecule has 1 aromatic carbocycles. The van der Waals surface area contributed by atoms with Crippen molar-refractivity contribution in [3.63, 3.8) is 0 Å². The average Bonchev–Trinajstić information content (AvgIpc) is 3.10. The van der Waals surface area contributed by atoms with Crippen LogP contribution in [0.2, 0.25) is 0 Å². The Labute approximate surface area is 149 Å². The smallest absolute Gasteiger partial charge is 0.337 e. The number of pyridine rings is 1. The van der Waals surface area contributed by atoms with Gasteiger partial charge in [-0.2, -0.15) is 0 Å². The van der Waals surface area contributed by atoms with Crippen molar-refractivity contribution in [3.8, 4) is 0 Å². The van der Waals surface area contributed by atoms with Gasteiger partial charge in [0.2, 0.25) is 0 Å². The van der Waals surface area contributed by atoms with E-state index in [1.54, 1.807) is 24.4 Å². The zero-order valence-electron chi connectivity index (χ0n) is 14.0. The number of fused-ring (bicyclic) bond motifs is 1. The Balaban J connectivity index is 1.55. The highest BCUT2D eigenvalue weighted by Gasteiger charge is 2.26. The van der Waals surface area contributed by atoms with E-state index >= 15 is 0 Å². The van der Waals surface area contributed by atoms with Crippen LogP contribution in [0.15, 0.2) is 43.0 Å². The number of halogens is 1. The van der Waals surface area contributed by atoms with Gasteiger partial charge >= 0.3 is 5.97 Å². The lowest BCUT2D eigenvalue weighted by molar-refractivity contribution is 0.0696. The first-order valence-corrected chi connectivity index (χ1v) is 8.43. The number of carboxylic acid groups (broad SMARTS) is 1. The third kappa shape index (κ3) is 3.08. The zero-order valence-corrected chi connectivity index (χ0v) is 14.0. The van der Waals surface area contributed by atoms with Crippen molar-refractivity contribution in [2.45, 2.75) is 12.8 Å². The second-order valence-corrected chi connectivity index (χ2v) is 6.52. The molecule has 4 rings (SSSR count). The van der Waals surface area contributed by atoms with Gasteiger partial charge in [0.15, 0.2) is 0 Å². The lowest BCUT2D eigenvalue weighted by Gasteiger charge is -2.19. The van der Waals surface area contributed by atoms with Crippen LogP contribution in [0.5, 0.6) is 0 Å². The maximum atomic E-state index is 14.3. The first-order chi connectivity index (χ1) is 12.6. The SMILES string of the molecule is O=C(O)c1cncc(CC2CCN(c3ncnc4cccc(F)c34)C2)c1. The van der Waals surface area contributed by atoms with Crippen LogP contribution >= 0.6 is 0 Å². The van der Waals surface area contributed by atoms with Gasteiger partial charge in [0.1, 0.15) is 18.0 Å². The molecule has 1 atom stereocenters. The molecule has 0 amide bonds. The number of hydrogen-bond donors (Lipinski definition) is 1. The van der Waals surface area contributed by atoms with E-state index in [4.69, 9.17) is 5.11 Å². The summed E-state index contributed by atoms with van der Waals surface area (Å²) in [6, 6.07) is 6.51. The first kappa shape index (κ1) is 16.4. The number of carboxylic acids is 1. The Bertz CT molecular complexity index is 973. The van der Waals surface area contributed by atoms with Crippen molar-refractivity contribution in [2.24, 2.45) is 5.92 Å². The van der Waals surface area contributed by atoms with E-state index in [2.05, 4.69) is 19.9 Å². The van der Waals surface area contributed by atoms with Gasteiger partial charge in [0, 0.05) is 25.5 Å². The summed E-state index contributed by atoms with van der Waals surface area (Å²) in [7, 11) is 0. The molecule has 1 aliphatic rings. The molecular formula is C19H17FN4O2. The summed E-state index contributed by atoms with van der Waals surface area (Å²) in [6.07, 6.45) is 6.18. The molecule has 0 spiro atoms. The minimum Gasteiger partial charge on any atom is -0.478 e. The lowest BCUT2D eigenvalue weighted by atomic mass is 9.99. The molecule has 0 aliphatic carbocycles. The standard InChI is InChI=1S/C19H17FN4O2/c20-15-2-1-3-16-17(15)18(23-11-22-16)24-5-4-12(10-24)6-13-7-14(19(25)26)9-21-8-13/h1-3,7-9,11-12H,4-6,10H2,(H,25,26). The van der Waals surface area contributed by atoms with Gasteiger partial charge in [-0.3, -0.25) is 4.98 Å². The Morgan fingerprint density at radius 2 is 2.19 bits per heavy atom. The third-order valence-corrected chi connectivity index (χ3v) is 4.74. The first-order valence-electron chi connectivity index (χ1n) is 8.43. The molecule has 7 heteroatoms. The molecular weight excluding hydrogens is 335 g/mol. The Morgan fingerprint density at radius 1 is 1.31 bits per heavy atom. The molecule has 0 bridgehead atoms. The predicted molar refractivity (Wildman–Crippen MR) is 94.7 cm³/mol. The van der Waals surface area contributed by atoms with Crippen molar-refractivity contribution in [3.05, 3.63) is 59.9 Å². The summed E-state index contributed by atoms with van der Waals surface area (Å²) in [5.74, 6) is -0.346. The zero-order chi connectivity index (χ0) is 18.1. The van der Waals surface area contributed by atoms with Gasteiger partial charge in [-0.15, -0.1) is 0 Å². The van der Waals surface area contributed by atoms with Gasteiger partial charge in [0.25, 0.3) is 0 Å². The van der Waals surface area contributed by atoms with E-state index in [0.717, 1.165) is 31.5 Å². The molecule has 1 saturated heterocycles. The largest absolute Gasteiger partial charge is 0.478 e. The number of hydrogen-bond acceptors (Lipinski definition) is 5. The Kier molecular flexibility index (Phi) is 4.20. The van der Waals surface area contributed by atoms with E-state index in [9.17, 15) is 9.18 Å². The summed E-state index contributed by atoms with van der Waals surface area (Å²) in [6.45, 7) is 1.51. The fraction of sp³-hybridized carbons (Fsp3) is 0.263. The molecule has 1 unspecified atom stereocenters. The second-order valence-electron chi connectivity index (χ2n) is 6.52. The van der Waals surface area contributed by atoms with Crippen LogP contribution in [0, 0.1) is 11.7 Å². The summed E-state index contributed by atoms with van der Waals surface area (Å²) in [4.78, 5) is 25.6. The molecule has 0 radical (unpaired) electrons. The van der Waals surface area contributed by atoms with Crippen LogP contribution in [0.25, 0.3) is 10.9 Å². The van der Waals surface area contributed by atoms with Crippen molar-refractivity contribution in [1.29, 1.82) is 0 Å². The number of anilines is 1. The highest BCUT2D eigenvalue weighted by Crippen LogP contribution is 2.30. The number of rotatable bonds is 4. The highest BCUT2D eigenvalue weighted by atomic mass is 19.1. The maximum Gasteiger partial charge on any atom is 0.337 e. The molecule has 132 valence electrons. The normalized spacial score (nSPS) is 17.0. The Morgan fingerprint density at radius 3 is 3.04 bits per heavy atom. The van der Waals surface area contributed by atoms with E-state index < -0.39 is 5.97 Å². The van der Waals surface area contributed by atoms with Crippen molar-refractivity contribution in [1.82, 2.24) is 15.0 Å². The fourth-order valence-corrected chi connectivity index (χ4v) is 3.53. The minimum absolute atomic E-state index is 0.196. The fourth-order valence-electron chi connectivity index (χ4n) is 3.53. The van der Waals surface area contributed by atoms with E-state index in [0.29, 0.717) is 22.6 Å². The number of aromatic nitrogens is 3. The maximum absolute atomic E-state index is 14.3. The van der Waals surface area contributed by atoms with Gasteiger partial charge in [0.05, 0.1) is 16.5 Å². The average molecular weight is 352 g/mol. The molecule has 3 aromatic rings. The van der Waals surface area contributed by atoms with Crippen molar-refractivity contribution in [2.75, 3.05) is 18.0 Å². The minimum atomic E-state index is -0.977. The topological polar surface area (TPSA) is 79.2 Å². The quantitative estimate of drug-likeness (QED) is 0.778. The summed E-state index contributed by atoms with van der Waals surface area (Å²) < 4.78 is 14.3. The van der Waals surface area contributed by atoms with Gasteiger partial charge in [-0.1, -0.05) is 6.07 Å². The molecule has 0 saturated carbocycles. The van der Waals surface area contributed by atoms with Crippen LogP contribution in [-0.2, 0) is 6.42 Å². The lowest BCUT2D eigenvalue weighted by Crippen LogP contribution is -2.22. The van der Waals surface area contributed by atoms with Crippen LogP contribution in [-0.4, -0.2) is 39.1 Å². The van der Waals surface area contributed by atoms with Crippen LogP contribution in [0.3, 0.4) is 0 Å². The van der Waals surface area contributed by atoms with E-state index in [1.165, 1.54) is 18.6 Å². The second kappa shape index (κ2) is 6.67. The molecule has 2 aromatic heterocycles. The number of benzene rings is 1. The van der Waals surface area contributed by atoms with Crippen molar-refractivity contribution < 1.29 is 14.3 Å². The van der Waals surface area contributed by atoms with Gasteiger partial charge in [-0.25, -0.2) is 19.2 Å². The molecule has 1 aliphatic heterocycles. The molecule has 26 heavy (non-hydrogen) atoms. The van der Waals surface area contributed by atoms with Crippen LogP contribution in [0.1, 0.15) is 22.3 Å². The molecule has 1 fully saturated rings. The van der Waals surface area contributed by atoms with Gasteiger partial charge in [-0.05, 0) is 42.5 Å². The van der Waals surface area contributed by atoms with Gasteiger partial charge < -0.3 is 10.0 Å². The number of carbonyl (C=O) groups is 1. The number of aromatic carboxylic acids is 1. The molecule has 3 heterocycles. The Hall–Kier alpha value is -3.09. The summed E-state index contributed by atoms with van der Waals surface area (Å²) in [5.41, 5.74) is 1.69. The predicted octanol–water partition coefficient (Wildman–Crippen LogP) is 2.93. The molecule has 6 nitrogen and oxygen atoms in total. The summed E-state index contributed by atoms with van der Waals surface area (Å²) >= 11 is 0. The van der Waals surface area contributed by atoms with E-state index in [1.807, 2.05) is 0 Å². The monoisotopic (exact) mass is 352 g/mol. The van der Waals surface area contributed by atoms with Crippen LogP contribution in [0.4, 0.5) is 10.2 Å². The third-order valence-electron chi connectivity index (χ3n) is 4.74.